The molecule has 0 unspecified atom stereocenters. The monoisotopic (exact) mass is 465 g/mol. The molecule has 0 radical (unpaired) electrons. The minimum atomic E-state index is 0. The lowest BCUT2D eigenvalue weighted by molar-refractivity contribution is 0.175. The SMILES string of the molecule is CCNC(=NCC(CC)(CC)CCO)NCCCc1cnn(C)c1.I. The van der Waals surface area contributed by atoms with Crippen molar-refractivity contribution < 1.29 is 5.11 Å². The Kier molecular flexibility index (Phi) is 12.9. The van der Waals surface area contributed by atoms with Gasteiger partial charge in [-0.3, -0.25) is 9.67 Å². The molecule has 7 heteroatoms. The first-order chi connectivity index (χ1) is 11.6. The van der Waals surface area contributed by atoms with Gasteiger partial charge in [0, 0.05) is 39.5 Å². The second-order valence-electron chi connectivity index (χ2n) is 6.43. The maximum atomic E-state index is 9.33. The quantitative estimate of drug-likeness (QED) is 0.203. The molecule has 0 aliphatic heterocycles. The third-order valence-corrected chi connectivity index (χ3v) is 4.75. The number of guanidine groups is 1. The summed E-state index contributed by atoms with van der Waals surface area (Å²) in [5, 5.41) is 20.2. The van der Waals surface area contributed by atoms with E-state index in [-0.39, 0.29) is 36.0 Å². The molecule has 0 spiro atoms. The van der Waals surface area contributed by atoms with Gasteiger partial charge in [-0.2, -0.15) is 5.10 Å². The molecule has 1 aromatic rings. The van der Waals surface area contributed by atoms with Crippen LogP contribution in [0.2, 0.25) is 0 Å². The number of hydrogen-bond acceptors (Lipinski definition) is 3. The minimum Gasteiger partial charge on any atom is -0.396 e. The van der Waals surface area contributed by atoms with E-state index < -0.39 is 0 Å². The molecule has 0 saturated heterocycles. The van der Waals surface area contributed by atoms with Gasteiger partial charge in [0.25, 0.3) is 0 Å². The van der Waals surface area contributed by atoms with Crippen molar-refractivity contribution in [2.75, 3.05) is 26.2 Å². The van der Waals surface area contributed by atoms with Gasteiger partial charge in [0.05, 0.1) is 6.20 Å². The van der Waals surface area contributed by atoms with Crippen LogP contribution >= 0.6 is 24.0 Å². The summed E-state index contributed by atoms with van der Waals surface area (Å²) in [5.74, 6) is 0.868. The fraction of sp³-hybridized carbons (Fsp3) is 0.778. The van der Waals surface area contributed by atoms with E-state index in [0.29, 0.717) is 0 Å². The van der Waals surface area contributed by atoms with Gasteiger partial charge in [0.2, 0.25) is 0 Å². The summed E-state index contributed by atoms with van der Waals surface area (Å²) in [4.78, 5) is 4.76. The third-order valence-electron chi connectivity index (χ3n) is 4.75. The van der Waals surface area contributed by atoms with Gasteiger partial charge in [-0.25, -0.2) is 0 Å². The lowest BCUT2D eigenvalue weighted by atomic mass is 9.79. The topological polar surface area (TPSA) is 74.5 Å². The first-order valence-electron chi connectivity index (χ1n) is 9.19. The molecule has 1 rings (SSSR count). The molecule has 0 aliphatic rings. The third kappa shape index (κ3) is 8.89. The van der Waals surface area contributed by atoms with Gasteiger partial charge >= 0.3 is 0 Å². The van der Waals surface area contributed by atoms with E-state index in [1.54, 1.807) is 0 Å². The van der Waals surface area contributed by atoms with Crippen LogP contribution in [0, 0.1) is 5.41 Å². The normalized spacial score (nSPS) is 12.0. The van der Waals surface area contributed by atoms with Crippen LogP contribution in [-0.4, -0.2) is 47.1 Å². The molecule has 0 fully saturated rings. The van der Waals surface area contributed by atoms with Crippen LogP contribution in [0.25, 0.3) is 0 Å². The molecular formula is C18H36IN5O. The van der Waals surface area contributed by atoms with Gasteiger partial charge in [0.1, 0.15) is 0 Å². The predicted octanol–water partition coefficient (Wildman–Crippen LogP) is 2.71. The van der Waals surface area contributed by atoms with Crippen LogP contribution < -0.4 is 10.6 Å². The highest BCUT2D eigenvalue weighted by Gasteiger charge is 2.25. The van der Waals surface area contributed by atoms with Crippen molar-refractivity contribution in [3.8, 4) is 0 Å². The molecule has 0 saturated carbocycles. The zero-order chi connectivity index (χ0) is 17.8. The predicted molar refractivity (Wildman–Crippen MR) is 116 cm³/mol. The smallest absolute Gasteiger partial charge is 0.191 e. The molecule has 146 valence electrons. The van der Waals surface area contributed by atoms with Crippen LogP contribution in [0.5, 0.6) is 0 Å². The Bertz CT molecular complexity index is 486. The zero-order valence-electron chi connectivity index (χ0n) is 16.2. The molecular weight excluding hydrogens is 429 g/mol. The van der Waals surface area contributed by atoms with Crippen molar-refractivity contribution in [3.63, 3.8) is 0 Å². The summed E-state index contributed by atoms with van der Waals surface area (Å²) in [6.45, 7) is 9.15. The largest absolute Gasteiger partial charge is 0.396 e. The van der Waals surface area contributed by atoms with Crippen LogP contribution in [0.15, 0.2) is 17.4 Å². The Balaban J connectivity index is 0.00000576. The number of aliphatic hydroxyl groups is 1. The Labute approximate surface area is 169 Å². The average Bonchev–Trinajstić information content (AvgIpc) is 3.00. The first kappa shape index (κ1) is 24.2. The summed E-state index contributed by atoms with van der Waals surface area (Å²) >= 11 is 0. The van der Waals surface area contributed by atoms with Gasteiger partial charge in [-0.1, -0.05) is 13.8 Å². The number of aliphatic hydroxyl groups excluding tert-OH is 1. The standard InChI is InChI=1S/C18H35N5O.HI/c1-5-18(6-2,10-12-24)15-21-17(19-7-3)20-11-8-9-16-13-22-23(4)14-16;/h13-14,24H,5-12,15H2,1-4H3,(H2,19,20,21);1H. The highest BCUT2D eigenvalue weighted by molar-refractivity contribution is 14.0. The molecule has 25 heavy (non-hydrogen) atoms. The molecule has 0 amide bonds. The molecule has 0 bridgehead atoms. The Hall–Kier alpha value is -0.830. The lowest BCUT2D eigenvalue weighted by Crippen LogP contribution is -2.39. The fourth-order valence-corrected chi connectivity index (χ4v) is 2.83. The van der Waals surface area contributed by atoms with E-state index in [4.69, 9.17) is 4.99 Å². The summed E-state index contributed by atoms with van der Waals surface area (Å²) in [5.41, 5.74) is 1.37. The number of nitrogens with zero attached hydrogens (tertiary/aromatic N) is 3. The molecule has 1 aromatic heterocycles. The molecule has 0 atom stereocenters. The second kappa shape index (κ2) is 13.4. The highest BCUT2D eigenvalue weighted by atomic mass is 127. The number of aromatic nitrogens is 2. The fourth-order valence-electron chi connectivity index (χ4n) is 2.83. The maximum absolute atomic E-state index is 9.33. The summed E-state index contributed by atoms with van der Waals surface area (Å²) < 4.78 is 1.84. The first-order valence-corrected chi connectivity index (χ1v) is 9.19. The Morgan fingerprint density at radius 3 is 2.52 bits per heavy atom. The van der Waals surface area contributed by atoms with Gasteiger partial charge in [0.15, 0.2) is 5.96 Å². The zero-order valence-corrected chi connectivity index (χ0v) is 18.5. The number of nitrogens with one attached hydrogen (secondary N) is 2. The van der Waals surface area contributed by atoms with Crippen LogP contribution in [0.1, 0.15) is 52.0 Å². The Morgan fingerprint density at radius 2 is 2.00 bits per heavy atom. The number of hydrogen-bond donors (Lipinski definition) is 3. The van der Waals surface area contributed by atoms with Crippen molar-refractivity contribution in [2.45, 2.75) is 52.9 Å². The number of halogens is 1. The molecule has 6 nitrogen and oxygen atoms in total. The van der Waals surface area contributed by atoms with Crippen molar-refractivity contribution >= 4 is 29.9 Å². The lowest BCUT2D eigenvalue weighted by Gasteiger charge is -2.29. The van der Waals surface area contributed by atoms with Gasteiger partial charge < -0.3 is 15.7 Å². The Morgan fingerprint density at radius 1 is 1.28 bits per heavy atom. The second-order valence-corrected chi connectivity index (χ2v) is 6.43. The number of aliphatic imine (C=N–C) groups is 1. The van der Waals surface area contributed by atoms with Crippen molar-refractivity contribution in [2.24, 2.45) is 17.5 Å². The summed E-state index contributed by atoms with van der Waals surface area (Å²) in [7, 11) is 1.94. The van der Waals surface area contributed by atoms with Crippen LogP contribution in [0.4, 0.5) is 0 Å². The highest BCUT2D eigenvalue weighted by Crippen LogP contribution is 2.30. The van der Waals surface area contributed by atoms with Crippen LogP contribution in [-0.2, 0) is 13.5 Å². The van der Waals surface area contributed by atoms with E-state index in [0.717, 1.165) is 57.7 Å². The van der Waals surface area contributed by atoms with Crippen molar-refractivity contribution in [1.29, 1.82) is 0 Å². The molecule has 0 aromatic carbocycles. The van der Waals surface area contributed by atoms with Gasteiger partial charge in [-0.15, -0.1) is 24.0 Å². The average molecular weight is 465 g/mol. The van der Waals surface area contributed by atoms with Crippen molar-refractivity contribution in [1.82, 2.24) is 20.4 Å². The number of rotatable bonds is 11. The van der Waals surface area contributed by atoms with Crippen molar-refractivity contribution in [3.05, 3.63) is 18.0 Å². The van der Waals surface area contributed by atoms with E-state index in [9.17, 15) is 5.11 Å². The molecule has 0 aliphatic carbocycles. The summed E-state index contributed by atoms with van der Waals surface area (Å²) in [6.07, 6.45) is 8.92. The van der Waals surface area contributed by atoms with E-state index in [2.05, 4.69) is 42.7 Å². The van der Waals surface area contributed by atoms with Crippen LogP contribution in [0.3, 0.4) is 0 Å². The molecule has 3 N–H and O–H groups in total. The molecule has 1 heterocycles. The number of aryl methyl sites for hydroxylation is 2. The summed E-state index contributed by atoms with van der Waals surface area (Å²) in [6, 6.07) is 0. The van der Waals surface area contributed by atoms with E-state index in [1.165, 1.54) is 5.56 Å². The maximum Gasteiger partial charge on any atom is 0.191 e. The van der Waals surface area contributed by atoms with E-state index >= 15 is 0 Å². The van der Waals surface area contributed by atoms with E-state index in [1.807, 2.05) is 17.9 Å². The van der Waals surface area contributed by atoms with Gasteiger partial charge in [-0.05, 0) is 50.0 Å². The minimum absolute atomic E-state index is 0.